The average molecular weight is 322 g/mol. The summed E-state index contributed by atoms with van der Waals surface area (Å²) in [6.07, 6.45) is 2.47. The van der Waals surface area contributed by atoms with E-state index in [0.29, 0.717) is 24.8 Å². The van der Waals surface area contributed by atoms with Crippen molar-refractivity contribution in [2.24, 2.45) is 0 Å². The number of rotatable bonds is 7. The van der Waals surface area contributed by atoms with Crippen molar-refractivity contribution in [3.63, 3.8) is 0 Å². The highest BCUT2D eigenvalue weighted by Gasteiger charge is 2.35. The van der Waals surface area contributed by atoms with Crippen molar-refractivity contribution in [3.05, 3.63) is 34.4 Å². The SMILES string of the molecule is CCc1cc(C(C)(O)CC)c(C(C)(O)CC)cc1C(C)(O)CC. The molecule has 0 aliphatic rings. The van der Waals surface area contributed by atoms with Crippen LogP contribution in [0.3, 0.4) is 0 Å². The first kappa shape index (κ1) is 20.1. The molecular weight excluding hydrogens is 288 g/mol. The molecule has 3 heteroatoms. The van der Waals surface area contributed by atoms with E-state index < -0.39 is 16.8 Å². The Morgan fingerprint density at radius 3 is 1.35 bits per heavy atom. The molecule has 1 aromatic carbocycles. The van der Waals surface area contributed by atoms with Crippen molar-refractivity contribution in [1.82, 2.24) is 0 Å². The maximum Gasteiger partial charge on any atom is 0.0869 e. The van der Waals surface area contributed by atoms with Crippen LogP contribution in [0.4, 0.5) is 0 Å². The van der Waals surface area contributed by atoms with Gasteiger partial charge in [0.25, 0.3) is 0 Å². The molecular formula is C20H34O3. The molecule has 0 aliphatic carbocycles. The highest BCUT2D eigenvalue weighted by molar-refractivity contribution is 5.46. The second-order valence-corrected chi connectivity index (χ2v) is 7.29. The van der Waals surface area contributed by atoms with Crippen LogP contribution >= 0.6 is 0 Å². The molecule has 1 aromatic rings. The zero-order valence-corrected chi connectivity index (χ0v) is 15.8. The van der Waals surface area contributed by atoms with E-state index in [1.807, 2.05) is 46.8 Å². The molecule has 0 aromatic heterocycles. The standard InChI is InChI=1S/C20H34O3/c1-8-14-12-16(19(6,22)10-3)17(20(7,23)11-4)13-15(14)18(5,21)9-2/h12-13,21-23H,8-11H2,1-7H3. The topological polar surface area (TPSA) is 60.7 Å². The van der Waals surface area contributed by atoms with E-state index in [0.717, 1.165) is 23.1 Å². The van der Waals surface area contributed by atoms with Crippen molar-refractivity contribution in [1.29, 1.82) is 0 Å². The summed E-state index contributed by atoms with van der Waals surface area (Å²) in [5.41, 5.74) is 0.361. The Labute approximate surface area is 141 Å². The number of aryl methyl sites for hydroxylation is 1. The summed E-state index contributed by atoms with van der Waals surface area (Å²) in [4.78, 5) is 0. The quantitative estimate of drug-likeness (QED) is 0.708. The van der Waals surface area contributed by atoms with Crippen LogP contribution < -0.4 is 0 Å². The summed E-state index contributed by atoms with van der Waals surface area (Å²) in [6, 6.07) is 3.88. The molecule has 0 aliphatic heterocycles. The van der Waals surface area contributed by atoms with Crippen LogP contribution in [-0.2, 0) is 23.2 Å². The molecule has 3 nitrogen and oxygen atoms in total. The fraction of sp³-hybridized carbons (Fsp3) is 0.700. The zero-order valence-electron chi connectivity index (χ0n) is 15.8. The number of benzene rings is 1. The summed E-state index contributed by atoms with van der Waals surface area (Å²) in [6.45, 7) is 13.2. The highest BCUT2D eigenvalue weighted by atomic mass is 16.3. The Balaban J connectivity index is 3.79. The Hall–Kier alpha value is -0.900. The molecule has 0 amide bonds. The molecule has 0 heterocycles. The Morgan fingerprint density at radius 1 is 0.652 bits per heavy atom. The van der Waals surface area contributed by atoms with Crippen LogP contribution in [0.25, 0.3) is 0 Å². The predicted molar refractivity (Wildman–Crippen MR) is 95.4 cm³/mol. The second kappa shape index (κ2) is 6.92. The molecule has 0 radical (unpaired) electrons. The van der Waals surface area contributed by atoms with Crippen molar-refractivity contribution in [2.45, 2.75) is 91.0 Å². The molecule has 0 bridgehead atoms. The van der Waals surface area contributed by atoms with Gasteiger partial charge < -0.3 is 15.3 Å². The third-order valence-electron chi connectivity index (χ3n) is 5.43. The molecule has 0 fully saturated rings. The summed E-state index contributed by atoms with van der Waals surface area (Å²) in [5.74, 6) is 0. The molecule has 0 saturated carbocycles. The van der Waals surface area contributed by atoms with E-state index in [4.69, 9.17) is 0 Å². The van der Waals surface area contributed by atoms with Crippen LogP contribution in [0.15, 0.2) is 12.1 Å². The van der Waals surface area contributed by atoms with Gasteiger partial charge in [0.1, 0.15) is 0 Å². The van der Waals surface area contributed by atoms with Gasteiger partial charge in [0.2, 0.25) is 0 Å². The highest BCUT2D eigenvalue weighted by Crippen LogP contribution is 2.40. The third kappa shape index (κ3) is 3.96. The lowest BCUT2D eigenvalue weighted by Crippen LogP contribution is -2.31. The molecule has 23 heavy (non-hydrogen) atoms. The van der Waals surface area contributed by atoms with Crippen LogP contribution in [-0.4, -0.2) is 15.3 Å². The summed E-state index contributed by atoms with van der Waals surface area (Å²) in [7, 11) is 0. The Morgan fingerprint density at radius 2 is 1.00 bits per heavy atom. The fourth-order valence-corrected chi connectivity index (χ4v) is 2.90. The first-order chi connectivity index (χ1) is 10.5. The van der Waals surface area contributed by atoms with Gasteiger partial charge in [-0.25, -0.2) is 0 Å². The fourth-order valence-electron chi connectivity index (χ4n) is 2.90. The van der Waals surface area contributed by atoms with Gasteiger partial charge >= 0.3 is 0 Å². The molecule has 0 spiro atoms. The predicted octanol–water partition coefficient (Wildman–Crippen LogP) is 4.10. The number of hydrogen-bond donors (Lipinski definition) is 3. The van der Waals surface area contributed by atoms with Gasteiger partial charge in [0, 0.05) is 0 Å². The van der Waals surface area contributed by atoms with E-state index in [9.17, 15) is 15.3 Å². The van der Waals surface area contributed by atoms with E-state index in [1.54, 1.807) is 13.8 Å². The smallest absolute Gasteiger partial charge is 0.0869 e. The van der Waals surface area contributed by atoms with Gasteiger partial charge in [-0.15, -0.1) is 0 Å². The molecule has 3 N–H and O–H groups in total. The van der Waals surface area contributed by atoms with Gasteiger partial charge in [-0.1, -0.05) is 33.8 Å². The minimum Gasteiger partial charge on any atom is -0.385 e. The maximum atomic E-state index is 10.9. The van der Waals surface area contributed by atoms with Gasteiger partial charge in [0.15, 0.2) is 0 Å². The lowest BCUT2D eigenvalue weighted by molar-refractivity contribution is 0.0252. The van der Waals surface area contributed by atoms with Crippen molar-refractivity contribution < 1.29 is 15.3 Å². The van der Waals surface area contributed by atoms with Crippen LogP contribution in [0.5, 0.6) is 0 Å². The summed E-state index contributed by atoms with van der Waals surface area (Å²) < 4.78 is 0. The van der Waals surface area contributed by atoms with Crippen molar-refractivity contribution in [2.75, 3.05) is 0 Å². The van der Waals surface area contributed by atoms with Crippen LogP contribution in [0.2, 0.25) is 0 Å². The first-order valence-corrected chi connectivity index (χ1v) is 8.82. The molecule has 0 saturated heterocycles. The molecule has 1 rings (SSSR count). The second-order valence-electron chi connectivity index (χ2n) is 7.29. The van der Waals surface area contributed by atoms with E-state index in [2.05, 4.69) is 0 Å². The molecule has 3 unspecified atom stereocenters. The van der Waals surface area contributed by atoms with E-state index in [-0.39, 0.29) is 0 Å². The minimum atomic E-state index is -1.04. The van der Waals surface area contributed by atoms with Crippen LogP contribution in [0.1, 0.15) is 90.0 Å². The largest absolute Gasteiger partial charge is 0.385 e. The summed E-state index contributed by atoms with van der Waals surface area (Å²) in [5, 5.41) is 32.5. The lowest BCUT2D eigenvalue weighted by atomic mass is 9.76. The van der Waals surface area contributed by atoms with E-state index >= 15 is 0 Å². The van der Waals surface area contributed by atoms with Gasteiger partial charge in [-0.2, -0.15) is 0 Å². The molecule has 132 valence electrons. The third-order valence-corrected chi connectivity index (χ3v) is 5.43. The zero-order chi connectivity index (χ0) is 18.1. The van der Waals surface area contributed by atoms with Crippen molar-refractivity contribution >= 4 is 0 Å². The van der Waals surface area contributed by atoms with Crippen molar-refractivity contribution in [3.8, 4) is 0 Å². The maximum absolute atomic E-state index is 10.9. The minimum absolute atomic E-state index is 0.541. The monoisotopic (exact) mass is 322 g/mol. The molecule has 3 atom stereocenters. The number of hydrogen-bond acceptors (Lipinski definition) is 3. The number of aliphatic hydroxyl groups is 3. The normalized spacial score (nSPS) is 19.7. The average Bonchev–Trinajstić information content (AvgIpc) is 2.53. The van der Waals surface area contributed by atoms with E-state index in [1.165, 1.54) is 0 Å². The summed E-state index contributed by atoms with van der Waals surface area (Å²) >= 11 is 0. The van der Waals surface area contributed by atoms with Gasteiger partial charge in [-0.05, 0) is 74.8 Å². The van der Waals surface area contributed by atoms with Crippen LogP contribution in [0, 0.1) is 0 Å². The van der Waals surface area contributed by atoms with Gasteiger partial charge in [0.05, 0.1) is 16.8 Å². The lowest BCUT2D eigenvalue weighted by Gasteiger charge is -2.35. The van der Waals surface area contributed by atoms with Gasteiger partial charge in [-0.3, -0.25) is 0 Å². The Bertz CT molecular complexity index is 542. The Kier molecular flexibility index (Phi) is 6.06. The first-order valence-electron chi connectivity index (χ1n) is 8.82.